The molecule has 2 aromatic rings. The molecule has 0 amide bonds. The number of carbonyl (C=O) groups is 1. The van der Waals surface area contributed by atoms with E-state index in [4.69, 9.17) is 4.74 Å². The fourth-order valence-corrected chi connectivity index (χ4v) is 2.62. The van der Waals surface area contributed by atoms with Gasteiger partial charge in [0, 0.05) is 6.08 Å². The molecule has 0 radical (unpaired) electrons. The Balaban J connectivity index is 2.57. The minimum atomic E-state index is -0.677. The molecule has 2 aromatic carbocycles. The zero-order valence-corrected chi connectivity index (χ0v) is 13.1. The Kier molecular flexibility index (Phi) is 5.71. The molecule has 0 saturated heterocycles. The number of esters is 1. The van der Waals surface area contributed by atoms with Gasteiger partial charge in [0.25, 0.3) is 0 Å². The predicted octanol–water partition coefficient (Wildman–Crippen LogP) is 4.01. The lowest BCUT2D eigenvalue weighted by molar-refractivity contribution is -0.137. The van der Waals surface area contributed by atoms with Gasteiger partial charge in [0.05, 0.1) is 24.5 Å². The van der Waals surface area contributed by atoms with Crippen LogP contribution in [0.5, 0.6) is 0 Å². The zero-order valence-electron chi connectivity index (χ0n) is 13.1. The number of ether oxygens (including phenoxy) is 1. The highest BCUT2D eigenvalue weighted by Gasteiger charge is 2.31. The highest BCUT2D eigenvalue weighted by molar-refractivity contribution is 5.82. The molecule has 116 valence electrons. The quantitative estimate of drug-likeness (QED) is 0.598. The van der Waals surface area contributed by atoms with Crippen molar-refractivity contribution in [1.82, 2.24) is 0 Å². The van der Waals surface area contributed by atoms with Crippen molar-refractivity contribution in [2.75, 3.05) is 6.61 Å². The molecule has 0 spiro atoms. The van der Waals surface area contributed by atoms with Crippen LogP contribution >= 0.6 is 0 Å². The van der Waals surface area contributed by atoms with Gasteiger partial charge in [-0.2, -0.15) is 5.26 Å². The van der Waals surface area contributed by atoms with Crippen LogP contribution in [-0.2, 0) is 14.9 Å². The molecule has 0 atom stereocenters. The van der Waals surface area contributed by atoms with Gasteiger partial charge in [0.1, 0.15) is 0 Å². The summed E-state index contributed by atoms with van der Waals surface area (Å²) in [4.78, 5) is 11.8. The van der Waals surface area contributed by atoms with Gasteiger partial charge in [0.2, 0.25) is 0 Å². The third kappa shape index (κ3) is 3.87. The van der Waals surface area contributed by atoms with E-state index >= 15 is 0 Å². The Morgan fingerprint density at radius 2 is 1.61 bits per heavy atom. The van der Waals surface area contributed by atoms with E-state index in [2.05, 4.69) is 6.07 Å². The largest absolute Gasteiger partial charge is 0.463 e. The molecular formula is C20H19NO2. The van der Waals surface area contributed by atoms with E-state index in [-0.39, 0.29) is 6.42 Å². The van der Waals surface area contributed by atoms with Gasteiger partial charge < -0.3 is 4.74 Å². The second kappa shape index (κ2) is 7.95. The number of carbonyl (C=O) groups excluding carboxylic acids is 1. The number of rotatable bonds is 6. The van der Waals surface area contributed by atoms with Crippen molar-refractivity contribution in [1.29, 1.82) is 5.26 Å². The molecule has 0 aliphatic heterocycles. The fourth-order valence-electron chi connectivity index (χ4n) is 2.62. The van der Waals surface area contributed by atoms with Crippen LogP contribution in [0.2, 0.25) is 0 Å². The van der Waals surface area contributed by atoms with Crippen LogP contribution in [0.4, 0.5) is 0 Å². The minimum Gasteiger partial charge on any atom is -0.463 e. The number of hydrogen-bond donors (Lipinski definition) is 0. The number of nitriles is 1. The van der Waals surface area contributed by atoms with Gasteiger partial charge in [-0.25, -0.2) is 4.79 Å². The Morgan fingerprint density at radius 1 is 1.09 bits per heavy atom. The van der Waals surface area contributed by atoms with Crippen molar-refractivity contribution in [2.45, 2.75) is 18.8 Å². The Labute approximate surface area is 136 Å². The highest BCUT2D eigenvalue weighted by Crippen LogP contribution is 2.37. The normalized spacial score (nSPS) is 11.1. The third-order valence-electron chi connectivity index (χ3n) is 3.73. The average Bonchev–Trinajstić information content (AvgIpc) is 2.60. The third-order valence-corrected chi connectivity index (χ3v) is 3.73. The maximum atomic E-state index is 11.8. The monoisotopic (exact) mass is 305 g/mol. The Morgan fingerprint density at radius 3 is 2.04 bits per heavy atom. The first kappa shape index (κ1) is 16.5. The van der Waals surface area contributed by atoms with E-state index in [1.165, 1.54) is 6.08 Å². The number of benzene rings is 2. The smallest absolute Gasteiger partial charge is 0.330 e. The average molecular weight is 305 g/mol. The molecule has 0 aliphatic carbocycles. The van der Waals surface area contributed by atoms with Crippen LogP contribution in [0, 0.1) is 11.3 Å². The minimum absolute atomic E-state index is 0.233. The molecule has 0 fully saturated rings. The molecule has 2 rings (SSSR count). The Hall–Kier alpha value is -2.86. The second-order valence-electron chi connectivity index (χ2n) is 5.12. The molecule has 0 bridgehead atoms. The van der Waals surface area contributed by atoms with Gasteiger partial charge in [-0.1, -0.05) is 66.7 Å². The van der Waals surface area contributed by atoms with Crippen LogP contribution in [0.1, 0.15) is 24.5 Å². The van der Waals surface area contributed by atoms with E-state index in [1.54, 1.807) is 13.0 Å². The molecule has 0 aromatic heterocycles. The summed E-state index contributed by atoms with van der Waals surface area (Å²) in [6.45, 7) is 2.09. The van der Waals surface area contributed by atoms with E-state index in [0.717, 1.165) is 11.1 Å². The van der Waals surface area contributed by atoms with Crippen molar-refractivity contribution >= 4 is 5.97 Å². The lowest BCUT2D eigenvalue weighted by Crippen LogP contribution is -2.25. The summed E-state index contributed by atoms with van der Waals surface area (Å²) < 4.78 is 4.98. The Bertz CT molecular complexity index is 660. The molecule has 0 unspecified atom stereocenters. The molecule has 23 heavy (non-hydrogen) atoms. The lowest BCUT2D eigenvalue weighted by Gasteiger charge is -2.29. The van der Waals surface area contributed by atoms with E-state index in [9.17, 15) is 10.1 Å². The molecule has 0 N–H and O–H groups in total. The summed E-state index contributed by atoms with van der Waals surface area (Å²) in [6, 6.07) is 21.7. The van der Waals surface area contributed by atoms with Crippen LogP contribution in [-0.4, -0.2) is 12.6 Å². The second-order valence-corrected chi connectivity index (χ2v) is 5.12. The van der Waals surface area contributed by atoms with Gasteiger partial charge in [-0.3, -0.25) is 0 Å². The van der Waals surface area contributed by atoms with Crippen LogP contribution in [0.15, 0.2) is 72.8 Å². The SMILES string of the molecule is CCOC(=O)/C=C/C(CC#N)(c1ccccc1)c1ccccc1. The van der Waals surface area contributed by atoms with Gasteiger partial charge in [-0.05, 0) is 18.1 Å². The summed E-state index contributed by atoms with van der Waals surface area (Å²) in [5.74, 6) is -0.401. The summed E-state index contributed by atoms with van der Waals surface area (Å²) in [6.07, 6.45) is 3.43. The van der Waals surface area contributed by atoms with E-state index < -0.39 is 11.4 Å². The fraction of sp³-hybridized carbons (Fsp3) is 0.200. The maximum absolute atomic E-state index is 11.8. The van der Waals surface area contributed by atoms with Crippen molar-refractivity contribution < 1.29 is 9.53 Å². The van der Waals surface area contributed by atoms with Crippen molar-refractivity contribution in [2.24, 2.45) is 0 Å². The van der Waals surface area contributed by atoms with Gasteiger partial charge in [-0.15, -0.1) is 0 Å². The first-order valence-electron chi connectivity index (χ1n) is 7.57. The summed E-state index contributed by atoms with van der Waals surface area (Å²) in [5.41, 5.74) is 1.26. The molecule has 3 nitrogen and oxygen atoms in total. The van der Waals surface area contributed by atoms with Gasteiger partial charge >= 0.3 is 5.97 Å². The summed E-state index contributed by atoms with van der Waals surface area (Å²) >= 11 is 0. The number of nitrogens with zero attached hydrogens (tertiary/aromatic N) is 1. The standard InChI is InChI=1S/C20H19NO2/c1-2-23-19(22)13-14-20(15-16-21,17-9-5-3-6-10-17)18-11-7-4-8-12-18/h3-14H,2,15H2,1H3/b14-13+. The predicted molar refractivity (Wildman–Crippen MR) is 89.7 cm³/mol. The number of hydrogen-bond acceptors (Lipinski definition) is 3. The molecular weight excluding hydrogens is 286 g/mol. The topological polar surface area (TPSA) is 50.1 Å². The zero-order chi connectivity index (χ0) is 16.5. The molecule has 0 saturated carbocycles. The summed E-state index contributed by atoms with van der Waals surface area (Å²) in [7, 11) is 0. The lowest BCUT2D eigenvalue weighted by atomic mass is 9.72. The first-order valence-corrected chi connectivity index (χ1v) is 7.57. The van der Waals surface area contributed by atoms with E-state index in [0.29, 0.717) is 6.61 Å². The van der Waals surface area contributed by atoms with Crippen molar-refractivity contribution in [3.8, 4) is 6.07 Å². The van der Waals surface area contributed by atoms with Crippen molar-refractivity contribution in [3.63, 3.8) is 0 Å². The number of allylic oxidation sites excluding steroid dienone is 1. The van der Waals surface area contributed by atoms with Crippen LogP contribution in [0.25, 0.3) is 0 Å². The van der Waals surface area contributed by atoms with Gasteiger partial charge in [0.15, 0.2) is 0 Å². The highest BCUT2D eigenvalue weighted by atomic mass is 16.5. The van der Waals surface area contributed by atoms with E-state index in [1.807, 2.05) is 60.7 Å². The summed E-state index contributed by atoms with van der Waals surface area (Å²) in [5, 5.41) is 9.39. The molecule has 0 aliphatic rings. The molecule has 3 heteroatoms. The van der Waals surface area contributed by atoms with Crippen LogP contribution < -0.4 is 0 Å². The first-order chi connectivity index (χ1) is 11.2. The maximum Gasteiger partial charge on any atom is 0.330 e. The molecule has 0 heterocycles. The van der Waals surface area contributed by atoms with Crippen LogP contribution in [0.3, 0.4) is 0 Å². The van der Waals surface area contributed by atoms with Crippen molar-refractivity contribution in [3.05, 3.63) is 83.9 Å².